The lowest BCUT2D eigenvalue weighted by atomic mass is 9.90. The molecule has 1 aromatic rings. The molecule has 1 aliphatic carbocycles. The lowest BCUT2D eigenvalue weighted by molar-refractivity contribution is -0.137. The highest BCUT2D eigenvalue weighted by Crippen LogP contribution is 2.55. The van der Waals surface area contributed by atoms with Crippen molar-refractivity contribution in [2.24, 2.45) is 0 Å². The van der Waals surface area contributed by atoms with Crippen LogP contribution in [0.25, 0.3) is 0 Å². The van der Waals surface area contributed by atoms with E-state index in [-0.39, 0.29) is 17.9 Å². The third-order valence-corrected chi connectivity index (χ3v) is 3.84. The van der Waals surface area contributed by atoms with E-state index in [0.717, 1.165) is 30.6 Å². The summed E-state index contributed by atoms with van der Waals surface area (Å²) in [5.74, 6) is 0.241. The first-order chi connectivity index (χ1) is 8.11. The summed E-state index contributed by atoms with van der Waals surface area (Å²) in [4.78, 5) is 11.0. The minimum absolute atomic E-state index is 0.152. The van der Waals surface area contributed by atoms with Gasteiger partial charge in [0, 0.05) is 17.4 Å². The molecule has 0 radical (unpaired) electrons. The summed E-state index contributed by atoms with van der Waals surface area (Å²) in [5.41, 5.74) is 2.19. The van der Waals surface area contributed by atoms with Gasteiger partial charge in [0.15, 0.2) is 0 Å². The van der Waals surface area contributed by atoms with Crippen molar-refractivity contribution in [2.45, 2.75) is 44.1 Å². The summed E-state index contributed by atoms with van der Waals surface area (Å²) < 4.78 is 5.85. The van der Waals surface area contributed by atoms with Crippen molar-refractivity contribution in [3.8, 4) is 5.75 Å². The van der Waals surface area contributed by atoms with Gasteiger partial charge < -0.3 is 9.84 Å². The number of benzene rings is 1. The Morgan fingerprint density at radius 1 is 1.53 bits per heavy atom. The van der Waals surface area contributed by atoms with E-state index in [1.165, 1.54) is 5.56 Å². The number of aliphatic carboxylic acids is 1. The van der Waals surface area contributed by atoms with E-state index in [9.17, 15) is 4.79 Å². The monoisotopic (exact) mass is 232 g/mol. The first-order valence-electron chi connectivity index (χ1n) is 6.11. The largest absolute Gasteiger partial charge is 0.490 e. The molecular formula is C14H16O3. The normalized spacial score (nSPS) is 23.9. The summed E-state index contributed by atoms with van der Waals surface area (Å²) in [6.07, 6.45) is 3.31. The highest BCUT2D eigenvalue weighted by Gasteiger charge is 2.48. The lowest BCUT2D eigenvalue weighted by Gasteiger charge is -2.17. The predicted molar refractivity (Wildman–Crippen MR) is 63.4 cm³/mol. The average Bonchev–Trinajstić information content (AvgIpc) is 2.90. The van der Waals surface area contributed by atoms with Crippen molar-refractivity contribution in [1.82, 2.24) is 0 Å². The van der Waals surface area contributed by atoms with Crippen LogP contribution in [-0.4, -0.2) is 17.2 Å². The zero-order valence-corrected chi connectivity index (χ0v) is 9.90. The zero-order chi connectivity index (χ0) is 12.0. The van der Waals surface area contributed by atoms with E-state index in [2.05, 4.69) is 13.0 Å². The van der Waals surface area contributed by atoms with E-state index in [1.54, 1.807) is 0 Å². The predicted octanol–water partition coefficient (Wildman–Crippen LogP) is 2.52. The average molecular weight is 232 g/mol. The fourth-order valence-electron chi connectivity index (χ4n) is 2.84. The van der Waals surface area contributed by atoms with E-state index >= 15 is 0 Å². The zero-order valence-electron chi connectivity index (χ0n) is 9.90. The van der Waals surface area contributed by atoms with Crippen LogP contribution in [0.15, 0.2) is 18.2 Å². The smallest absolute Gasteiger partial charge is 0.304 e. The van der Waals surface area contributed by atoms with Gasteiger partial charge in [-0.05, 0) is 25.3 Å². The molecule has 1 atom stereocenters. The Balaban J connectivity index is 2.00. The number of rotatable bonds is 3. The molecule has 3 nitrogen and oxygen atoms in total. The molecule has 1 saturated carbocycles. The second-order valence-corrected chi connectivity index (χ2v) is 5.28. The van der Waals surface area contributed by atoms with Crippen LogP contribution < -0.4 is 4.74 Å². The minimum Gasteiger partial charge on any atom is -0.490 e. The Morgan fingerprint density at radius 3 is 2.94 bits per heavy atom. The maximum Gasteiger partial charge on any atom is 0.304 e. The first kappa shape index (κ1) is 10.6. The van der Waals surface area contributed by atoms with Crippen LogP contribution in [0, 0.1) is 0 Å². The van der Waals surface area contributed by atoms with Crippen LogP contribution in [0.5, 0.6) is 5.75 Å². The van der Waals surface area contributed by atoms with Gasteiger partial charge in [-0.3, -0.25) is 4.79 Å². The van der Waals surface area contributed by atoms with Gasteiger partial charge in [-0.1, -0.05) is 18.2 Å². The van der Waals surface area contributed by atoms with E-state index in [1.807, 2.05) is 12.1 Å². The second kappa shape index (κ2) is 3.49. The van der Waals surface area contributed by atoms with Crippen LogP contribution in [0.2, 0.25) is 0 Å². The lowest BCUT2D eigenvalue weighted by Crippen LogP contribution is -2.14. The van der Waals surface area contributed by atoms with Crippen molar-refractivity contribution >= 4 is 5.97 Å². The maximum atomic E-state index is 11.0. The van der Waals surface area contributed by atoms with Crippen molar-refractivity contribution in [1.29, 1.82) is 0 Å². The molecule has 0 aromatic heterocycles. The number of fused-ring (bicyclic) bond motifs is 1. The van der Waals surface area contributed by atoms with Gasteiger partial charge in [0.1, 0.15) is 11.9 Å². The molecule has 0 spiro atoms. The molecule has 0 amide bonds. The molecule has 1 fully saturated rings. The summed E-state index contributed by atoms with van der Waals surface area (Å²) in [5, 5.41) is 9.01. The number of hydrogen-bond acceptors (Lipinski definition) is 2. The second-order valence-electron chi connectivity index (χ2n) is 5.28. The summed E-state index contributed by atoms with van der Waals surface area (Å²) in [6, 6.07) is 6.14. The van der Waals surface area contributed by atoms with Crippen LogP contribution in [-0.2, 0) is 16.6 Å². The number of ether oxygens (including phenoxy) is 1. The topological polar surface area (TPSA) is 46.5 Å². The molecule has 90 valence electrons. The van der Waals surface area contributed by atoms with E-state index in [4.69, 9.17) is 9.84 Å². The van der Waals surface area contributed by atoms with Gasteiger partial charge in [0.2, 0.25) is 0 Å². The SMILES string of the molecule is CC1Cc2cccc(C3(CC(=O)O)CC3)c2O1. The molecule has 0 bridgehead atoms. The summed E-state index contributed by atoms with van der Waals surface area (Å²) >= 11 is 0. The fraction of sp³-hybridized carbons (Fsp3) is 0.500. The Bertz CT molecular complexity index is 474. The minimum atomic E-state index is -0.717. The van der Waals surface area contributed by atoms with Gasteiger partial charge in [0.05, 0.1) is 6.42 Å². The molecule has 1 aromatic carbocycles. The number of para-hydroxylation sites is 1. The first-order valence-corrected chi connectivity index (χ1v) is 6.11. The van der Waals surface area contributed by atoms with E-state index < -0.39 is 5.97 Å². The molecular weight excluding hydrogens is 216 g/mol. The van der Waals surface area contributed by atoms with Crippen molar-refractivity contribution in [2.75, 3.05) is 0 Å². The molecule has 17 heavy (non-hydrogen) atoms. The number of hydrogen-bond donors (Lipinski definition) is 1. The number of carboxylic acid groups (broad SMARTS) is 1. The summed E-state index contributed by atoms with van der Waals surface area (Å²) in [6.45, 7) is 2.06. The summed E-state index contributed by atoms with van der Waals surface area (Å²) in [7, 11) is 0. The van der Waals surface area contributed by atoms with Crippen LogP contribution in [0.1, 0.15) is 37.3 Å². The van der Waals surface area contributed by atoms with Crippen LogP contribution in [0.3, 0.4) is 0 Å². The molecule has 1 aliphatic heterocycles. The molecule has 3 rings (SSSR count). The Labute approximate surface area is 100 Å². The Hall–Kier alpha value is -1.51. The number of carbonyl (C=O) groups is 1. The van der Waals surface area contributed by atoms with E-state index in [0.29, 0.717) is 0 Å². The molecule has 2 aliphatic rings. The number of carboxylic acids is 1. The van der Waals surface area contributed by atoms with Gasteiger partial charge in [-0.2, -0.15) is 0 Å². The molecule has 3 heteroatoms. The van der Waals surface area contributed by atoms with Crippen LogP contribution >= 0.6 is 0 Å². The molecule has 0 saturated heterocycles. The van der Waals surface area contributed by atoms with Gasteiger partial charge in [-0.25, -0.2) is 0 Å². The van der Waals surface area contributed by atoms with Crippen molar-refractivity contribution < 1.29 is 14.6 Å². The maximum absolute atomic E-state index is 11.0. The quantitative estimate of drug-likeness (QED) is 0.871. The van der Waals surface area contributed by atoms with Crippen molar-refractivity contribution in [3.05, 3.63) is 29.3 Å². The molecule has 1 unspecified atom stereocenters. The van der Waals surface area contributed by atoms with Crippen molar-refractivity contribution in [3.63, 3.8) is 0 Å². The molecule has 1 heterocycles. The molecule has 1 N–H and O–H groups in total. The Kier molecular flexibility index (Phi) is 2.18. The van der Waals surface area contributed by atoms with Gasteiger partial charge >= 0.3 is 5.97 Å². The third kappa shape index (κ3) is 1.70. The van der Waals surface area contributed by atoms with Gasteiger partial charge in [-0.15, -0.1) is 0 Å². The highest BCUT2D eigenvalue weighted by atomic mass is 16.5. The fourth-order valence-corrected chi connectivity index (χ4v) is 2.84. The highest BCUT2D eigenvalue weighted by molar-refractivity contribution is 5.71. The Morgan fingerprint density at radius 2 is 2.29 bits per heavy atom. The third-order valence-electron chi connectivity index (χ3n) is 3.84. The van der Waals surface area contributed by atoms with Gasteiger partial charge in [0.25, 0.3) is 0 Å². The standard InChI is InChI=1S/C14H16O3/c1-9-7-10-3-2-4-11(13(10)17-9)14(5-6-14)8-12(15)16/h2-4,9H,5-8H2,1H3,(H,15,16). The van der Waals surface area contributed by atoms with Crippen LogP contribution in [0.4, 0.5) is 0 Å².